The summed E-state index contributed by atoms with van der Waals surface area (Å²) in [6.07, 6.45) is 0.128. The zero-order chi connectivity index (χ0) is 13.1. The lowest BCUT2D eigenvalue weighted by Gasteiger charge is -2.07. The highest BCUT2D eigenvalue weighted by atomic mass is 127. The zero-order valence-electron chi connectivity index (χ0n) is 9.10. The van der Waals surface area contributed by atoms with Crippen LogP contribution >= 0.6 is 46.6 Å². The number of thioether (sulfide) groups is 1. The summed E-state index contributed by atoms with van der Waals surface area (Å²) >= 11 is 8.28. The monoisotopic (exact) mass is 392 g/mol. The maximum Gasteiger partial charge on any atom is 0.239 e. The van der Waals surface area contributed by atoms with Gasteiger partial charge in [-0.05, 0) is 46.9 Å². The van der Waals surface area contributed by atoms with Crippen molar-refractivity contribution < 1.29 is 9.59 Å². The highest BCUT2D eigenvalue weighted by Crippen LogP contribution is 2.22. The van der Waals surface area contributed by atoms with E-state index in [9.17, 15) is 9.59 Å². The standard InChI is InChI=1S/C11H9IN2O2S2/c12-6-1-3-7(4-2-6)13-9(15)5-8-10(16)14-11(17)18-8/h1-4,8H,5H2,(H,13,15)(H,14,16,17)/t8-/m0/s1. The first-order chi connectivity index (χ1) is 8.54. The van der Waals surface area contributed by atoms with Crippen LogP contribution < -0.4 is 10.6 Å². The Hall–Kier alpha value is -0.670. The van der Waals surface area contributed by atoms with Crippen LogP contribution in [0.4, 0.5) is 5.69 Å². The fourth-order valence-corrected chi connectivity index (χ4v) is 3.07. The van der Waals surface area contributed by atoms with Crippen molar-refractivity contribution in [2.75, 3.05) is 5.32 Å². The third-order valence-electron chi connectivity index (χ3n) is 2.27. The molecular formula is C11H9IN2O2S2. The van der Waals surface area contributed by atoms with E-state index >= 15 is 0 Å². The lowest BCUT2D eigenvalue weighted by molar-refractivity contribution is -0.122. The van der Waals surface area contributed by atoms with Gasteiger partial charge in [-0.1, -0.05) is 24.0 Å². The molecule has 94 valence electrons. The Morgan fingerprint density at radius 1 is 1.44 bits per heavy atom. The SMILES string of the molecule is O=C(C[C@@H]1SC(=S)NC1=O)Nc1ccc(I)cc1. The van der Waals surface area contributed by atoms with Crippen LogP contribution in [0, 0.1) is 3.57 Å². The molecule has 1 aliphatic heterocycles. The third-order valence-corrected chi connectivity index (χ3v) is 4.36. The van der Waals surface area contributed by atoms with Gasteiger partial charge in [-0.15, -0.1) is 0 Å². The number of nitrogens with one attached hydrogen (secondary N) is 2. The summed E-state index contributed by atoms with van der Waals surface area (Å²) in [7, 11) is 0. The molecule has 1 aromatic rings. The van der Waals surface area contributed by atoms with Gasteiger partial charge in [0, 0.05) is 15.7 Å². The average Bonchev–Trinajstić information content (AvgIpc) is 2.61. The number of carbonyl (C=O) groups excluding carboxylic acids is 2. The van der Waals surface area contributed by atoms with E-state index in [1.165, 1.54) is 11.8 Å². The van der Waals surface area contributed by atoms with Crippen molar-refractivity contribution in [3.05, 3.63) is 27.8 Å². The van der Waals surface area contributed by atoms with Crippen LogP contribution in [-0.2, 0) is 9.59 Å². The maximum absolute atomic E-state index is 11.8. The van der Waals surface area contributed by atoms with Crippen molar-refractivity contribution in [1.29, 1.82) is 0 Å². The van der Waals surface area contributed by atoms with Gasteiger partial charge >= 0.3 is 0 Å². The zero-order valence-corrected chi connectivity index (χ0v) is 12.9. The summed E-state index contributed by atoms with van der Waals surface area (Å²) in [6, 6.07) is 7.46. The number of hydrogen-bond donors (Lipinski definition) is 2. The number of anilines is 1. The fraction of sp³-hybridized carbons (Fsp3) is 0.182. The van der Waals surface area contributed by atoms with Gasteiger partial charge in [-0.25, -0.2) is 0 Å². The van der Waals surface area contributed by atoms with E-state index in [2.05, 4.69) is 33.2 Å². The molecular weight excluding hydrogens is 383 g/mol. The lowest BCUT2D eigenvalue weighted by atomic mass is 10.2. The second-order valence-corrected chi connectivity index (χ2v) is 6.77. The van der Waals surface area contributed by atoms with Crippen molar-refractivity contribution in [3.8, 4) is 0 Å². The Morgan fingerprint density at radius 3 is 2.67 bits per heavy atom. The second kappa shape index (κ2) is 5.98. The Morgan fingerprint density at radius 2 is 2.11 bits per heavy atom. The second-order valence-electron chi connectivity index (χ2n) is 3.64. The highest BCUT2D eigenvalue weighted by Gasteiger charge is 2.30. The van der Waals surface area contributed by atoms with Gasteiger partial charge in [0.05, 0.1) is 5.25 Å². The predicted octanol–water partition coefficient (Wildman–Crippen LogP) is 2.14. The molecule has 0 bridgehead atoms. The van der Waals surface area contributed by atoms with Crippen LogP contribution in [0.1, 0.15) is 6.42 Å². The van der Waals surface area contributed by atoms with Gasteiger partial charge in [-0.3, -0.25) is 9.59 Å². The average molecular weight is 392 g/mol. The largest absolute Gasteiger partial charge is 0.326 e. The van der Waals surface area contributed by atoms with E-state index in [4.69, 9.17) is 12.2 Å². The molecule has 0 aromatic heterocycles. The van der Waals surface area contributed by atoms with E-state index in [-0.39, 0.29) is 18.2 Å². The molecule has 0 saturated carbocycles. The first kappa shape index (κ1) is 13.8. The van der Waals surface area contributed by atoms with Crippen molar-refractivity contribution in [2.45, 2.75) is 11.7 Å². The number of thiocarbonyl (C=S) groups is 1. The lowest BCUT2D eigenvalue weighted by Crippen LogP contribution is -2.27. The van der Waals surface area contributed by atoms with E-state index in [1.807, 2.05) is 24.3 Å². The van der Waals surface area contributed by atoms with Gasteiger partial charge in [0.25, 0.3) is 0 Å². The summed E-state index contributed by atoms with van der Waals surface area (Å²) in [4.78, 5) is 23.2. The Labute approximate surface area is 127 Å². The number of hydrogen-bond acceptors (Lipinski definition) is 4. The Bertz CT molecular complexity index is 504. The quantitative estimate of drug-likeness (QED) is 0.612. The van der Waals surface area contributed by atoms with Crippen molar-refractivity contribution in [3.63, 3.8) is 0 Å². The van der Waals surface area contributed by atoms with Crippen LogP contribution in [0.15, 0.2) is 24.3 Å². The molecule has 2 amide bonds. The molecule has 7 heteroatoms. The molecule has 0 aliphatic carbocycles. The van der Waals surface area contributed by atoms with Gasteiger partial charge < -0.3 is 10.6 Å². The Balaban J connectivity index is 1.91. The first-order valence-corrected chi connectivity index (χ1v) is 7.48. The van der Waals surface area contributed by atoms with Crippen molar-refractivity contribution in [1.82, 2.24) is 5.32 Å². The van der Waals surface area contributed by atoms with E-state index in [0.29, 0.717) is 4.32 Å². The number of halogens is 1. The smallest absolute Gasteiger partial charge is 0.239 e. The fourth-order valence-electron chi connectivity index (χ4n) is 1.44. The van der Waals surface area contributed by atoms with Crippen LogP contribution in [0.2, 0.25) is 0 Å². The predicted molar refractivity (Wildman–Crippen MR) is 84.5 cm³/mol. The van der Waals surface area contributed by atoms with Gasteiger partial charge in [0.2, 0.25) is 11.8 Å². The molecule has 2 N–H and O–H groups in total. The van der Waals surface area contributed by atoms with Crippen LogP contribution in [0.5, 0.6) is 0 Å². The van der Waals surface area contributed by atoms with Gasteiger partial charge in [-0.2, -0.15) is 0 Å². The summed E-state index contributed by atoms with van der Waals surface area (Å²) in [5.74, 6) is -0.378. The van der Waals surface area contributed by atoms with Crippen LogP contribution in [0.3, 0.4) is 0 Å². The molecule has 0 unspecified atom stereocenters. The molecule has 1 saturated heterocycles. The molecule has 1 aromatic carbocycles. The maximum atomic E-state index is 11.8. The Kier molecular flexibility index (Phi) is 4.57. The minimum Gasteiger partial charge on any atom is -0.326 e. The number of carbonyl (C=O) groups is 2. The molecule has 1 aliphatic rings. The summed E-state index contributed by atoms with van der Waals surface area (Å²) in [5, 5.41) is 4.86. The molecule has 0 radical (unpaired) electrons. The van der Waals surface area contributed by atoms with Crippen LogP contribution in [-0.4, -0.2) is 21.4 Å². The summed E-state index contributed by atoms with van der Waals surface area (Å²) in [5.41, 5.74) is 0.728. The number of benzene rings is 1. The molecule has 1 heterocycles. The van der Waals surface area contributed by atoms with Crippen LogP contribution in [0.25, 0.3) is 0 Å². The summed E-state index contributed by atoms with van der Waals surface area (Å²) in [6.45, 7) is 0. The molecule has 18 heavy (non-hydrogen) atoms. The van der Waals surface area contributed by atoms with Crippen molar-refractivity contribution >= 4 is 68.4 Å². The van der Waals surface area contributed by atoms with Crippen molar-refractivity contribution in [2.24, 2.45) is 0 Å². The highest BCUT2D eigenvalue weighted by molar-refractivity contribution is 14.1. The third kappa shape index (κ3) is 3.66. The van der Waals surface area contributed by atoms with Gasteiger partial charge in [0.15, 0.2) is 0 Å². The molecule has 1 fully saturated rings. The first-order valence-electron chi connectivity index (χ1n) is 5.11. The molecule has 1 atom stereocenters. The molecule has 0 spiro atoms. The molecule has 4 nitrogen and oxygen atoms in total. The van der Waals surface area contributed by atoms with E-state index < -0.39 is 5.25 Å². The van der Waals surface area contributed by atoms with E-state index in [0.717, 1.165) is 9.26 Å². The van der Waals surface area contributed by atoms with Gasteiger partial charge in [0.1, 0.15) is 4.32 Å². The van der Waals surface area contributed by atoms with E-state index in [1.54, 1.807) is 0 Å². The minimum atomic E-state index is -0.415. The number of amides is 2. The normalized spacial score (nSPS) is 18.6. The number of rotatable bonds is 3. The minimum absolute atomic E-state index is 0.128. The topological polar surface area (TPSA) is 58.2 Å². The molecule has 2 rings (SSSR count). The summed E-state index contributed by atoms with van der Waals surface area (Å²) < 4.78 is 1.54.